The molecule has 1 atom stereocenters. The molecule has 136 valence electrons. The second-order valence-electron chi connectivity index (χ2n) is 5.57. The van der Waals surface area contributed by atoms with Gasteiger partial charge in [0, 0.05) is 5.75 Å². The average molecular weight is 435 g/mol. The normalized spacial score (nSPS) is 13.8. The number of amidine groups is 1. The third-order valence-corrected chi connectivity index (χ3v) is 4.76. The standard InChI is InChI=1S/C14H16BrFN4O4S/c1-14(2,22)10(21)6-25-13-11(19-24-20-13)12(18-23)17-7-3-4-9(16)8(15)5-7/h3-5,10,21-23H,6H2,1-2H3,(H,17,18). The zero-order valence-electron chi connectivity index (χ0n) is 13.3. The minimum Gasteiger partial charge on any atom is -0.389 e. The van der Waals surface area contributed by atoms with Crippen molar-refractivity contribution in [2.24, 2.45) is 4.99 Å². The van der Waals surface area contributed by atoms with Crippen LogP contribution in [0, 0.1) is 5.82 Å². The van der Waals surface area contributed by atoms with Crippen molar-refractivity contribution in [3.05, 3.63) is 34.2 Å². The van der Waals surface area contributed by atoms with E-state index in [0.717, 1.165) is 11.8 Å². The van der Waals surface area contributed by atoms with Crippen LogP contribution in [0.4, 0.5) is 10.1 Å². The highest BCUT2D eigenvalue weighted by molar-refractivity contribution is 9.10. The first-order chi connectivity index (χ1) is 11.7. The lowest BCUT2D eigenvalue weighted by Gasteiger charge is -2.23. The number of halogens is 2. The summed E-state index contributed by atoms with van der Waals surface area (Å²) in [5.74, 6) is -0.400. The van der Waals surface area contributed by atoms with E-state index in [0.29, 0.717) is 5.69 Å². The molecule has 0 saturated heterocycles. The van der Waals surface area contributed by atoms with Crippen LogP contribution in [0.2, 0.25) is 0 Å². The van der Waals surface area contributed by atoms with Gasteiger partial charge in [0.15, 0.2) is 16.6 Å². The summed E-state index contributed by atoms with van der Waals surface area (Å²) in [6.45, 7) is 2.96. The molecule has 0 aliphatic heterocycles. The van der Waals surface area contributed by atoms with Gasteiger partial charge in [-0.15, -0.1) is 0 Å². The van der Waals surface area contributed by atoms with Crippen molar-refractivity contribution in [2.45, 2.75) is 30.6 Å². The molecule has 4 N–H and O–H groups in total. The van der Waals surface area contributed by atoms with Crippen LogP contribution in [0.1, 0.15) is 19.5 Å². The summed E-state index contributed by atoms with van der Waals surface area (Å²) in [5.41, 5.74) is 1.07. The van der Waals surface area contributed by atoms with Gasteiger partial charge < -0.3 is 10.2 Å². The highest BCUT2D eigenvalue weighted by Crippen LogP contribution is 2.26. The smallest absolute Gasteiger partial charge is 0.186 e. The van der Waals surface area contributed by atoms with Gasteiger partial charge >= 0.3 is 0 Å². The number of thioether (sulfide) groups is 1. The molecule has 1 unspecified atom stereocenters. The third kappa shape index (κ3) is 5.22. The van der Waals surface area contributed by atoms with Crippen LogP contribution >= 0.6 is 27.7 Å². The Kier molecular flexibility index (Phi) is 6.52. The van der Waals surface area contributed by atoms with Crippen LogP contribution in [0.25, 0.3) is 0 Å². The summed E-state index contributed by atoms with van der Waals surface area (Å²) < 4.78 is 18.2. The number of hydrogen-bond donors (Lipinski definition) is 4. The van der Waals surface area contributed by atoms with Crippen molar-refractivity contribution in [2.75, 3.05) is 5.75 Å². The van der Waals surface area contributed by atoms with Gasteiger partial charge in [0.25, 0.3) is 0 Å². The fourth-order valence-corrected chi connectivity index (χ4v) is 3.04. The Balaban J connectivity index is 2.23. The lowest BCUT2D eigenvalue weighted by atomic mass is 10.0. The first kappa shape index (κ1) is 19.8. The number of nitrogens with one attached hydrogen (secondary N) is 1. The first-order valence-corrected chi connectivity index (χ1v) is 8.80. The van der Waals surface area contributed by atoms with Crippen molar-refractivity contribution in [1.29, 1.82) is 0 Å². The van der Waals surface area contributed by atoms with Gasteiger partial charge in [-0.25, -0.2) is 14.0 Å². The summed E-state index contributed by atoms with van der Waals surface area (Å²) in [4.78, 5) is 4.13. The van der Waals surface area contributed by atoms with Crippen LogP contribution in [-0.2, 0) is 0 Å². The Morgan fingerprint density at radius 2 is 2.20 bits per heavy atom. The van der Waals surface area contributed by atoms with Gasteiger partial charge in [-0.2, -0.15) is 0 Å². The monoisotopic (exact) mass is 434 g/mol. The topological polar surface area (TPSA) is 124 Å². The molecule has 11 heteroatoms. The van der Waals surface area contributed by atoms with Gasteiger partial charge in [-0.1, -0.05) is 11.8 Å². The molecule has 0 saturated carbocycles. The Morgan fingerprint density at radius 1 is 1.48 bits per heavy atom. The van der Waals surface area contributed by atoms with Gasteiger partial charge in [-0.3, -0.25) is 10.7 Å². The van der Waals surface area contributed by atoms with E-state index in [-0.39, 0.29) is 26.8 Å². The number of aliphatic hydroxyl groups excluding tert-OH is 1. The Labute approximate surface area is 155 Å². The van der Waals surface area contributed by atoms with Crippen LogP contribution in [0.15, 0.2) is 37.3 Å². The number of hydrogen-bond acceptors (Lipinski definition) is 8. The van der Waals surface area contributed by atoms with Crippen LogP contribution in [0.5, 0.6) is 0 Å². The molecule has 1 aromatic carbocycles. The van der Waals surface area contributed by atoms with E-state index >= 15 is 0 Å². The third-order valence-electron chi connectivity index (χ3n) is 3.13. The number of aliphatic hydroxyl groups is 2. The van der Waals surface area contributed by atoms with Crippen LogP contribution < -0.4 is 5.48 Å². The maximum atomic E-state index is 13.3. The van der Waals surface area contributed by atoms with Gasteiger partial charge in [0.1, 0.15) is 5.82 Å². The molecule has 0 radical (unpaired) electrons. The van der Waals surface area contributed by atoms with E-state index in [1.165, 1.54) is 32.0 Å². The number of hydroxylamine groups is 1. The summed E-state index contributed by atoms with van der Waals surface area (Å²) >= 11 is 4.12. The maximum Gasteiger partial charge on any atom is 0.186 e. The highest BCUT2D eigenvalue weighted by Gasteiger charge is 2.26. The predicted octanol–water partition coefficient (Wildman–Crippen LogP) is 2.25. The fourth-order valence-electron chi connectivity index (χ4n) is 1.60. The molecule has 2 aromatic rings. The molecule has 1 heterocycles. The van der Waals surface area contributed by atoms with Gasteiger partial charge in [-0.05, 0) is 58.3 Å². The van der Waals surface area contributed by atoms with Crippen molar-refractivity contribution in [3.8, 4) is 0 Å². The SMILES string of the molecule is CC(C)(O)C(O)CSc1nonc1C(=Nc1ccc(F)c(Br)c1)NO. The van der Waals surface area contributed by atoms with Crippen molar-refractivity contribution >= 4 is 39.2 Å². The van der Waals surface area contributed by atoms with E-state index in [2.05, 4.69) is 35.9 Å². The zero-order valence-corrected chi connectivity index (χ0v) is 15.7. The molecule has 8 nitrogen and oxygen atoms in total. The minimum atomic E-state index is -1.28. The molecule has 25 heavy (non-hydrogen) atoms. The lowest BCUT2D eigenvalue weighted by Crippen LogP contribution is -2.37. The highest BCUT2D eigenvalue weighted by atomic mass is 79.9. The number of aliphatic imine (C=N–C) groups is 1. The Morgan fingerprint density at radius 3 is 2.80 bits per heavy atom. The molecular formula is C14H16BrFN4O4S. The minimum absolute atomic E-state index is 0.0694. The van der Waals surface area contributed by atoms with E-state index in [1.807, 2.05) is 5.48 Å². The first-order valence-electron chi connectivity index (χ1n) is 7.02. The second-order valence-corrected chi connectivity index (χ2v) is 7.43. The average Bonchev–Trinajstić information content (AvgIpc) is 3.01. The molecule has 0 aliphatic rings. The van der Waals surface area contributed by atoms with Crippen molar-refractivity contribution in [3.63, 3.8) is 0 Å². The summed E-state index contributed by atoms with van der Waals surface area (Å²) in [5, 5.41) is 36.6. The molecule has 1 aromatic heterocycles. The van der Waals surface area contributed by atoms with Crippen LogP contribution in [0.3, 0.4) is 0 Å². The van der Waals surface area contributed by atoms with E-state index in [4.69, 9.17) is 0 Å². The number of benzene rings is 1. The van der Waals surface area contributed by atoms with E-state index in [1.54, 1.807) is 0 Å². The quantitative estimate of drug-likeness (QED) is 0.236. The second kappa shape index (κ2) is 8.23. The molecule has 0 fully saturated rings. The summed E-state index contributed by atoms with van der Waals surface area (Å²) in [7, 11) is 0. The molecule has 0 bridgehead atoms. The predicted molar refractivity (Wildman–Crippen MR) is 92.5 cm³/mol. The molecule has 2 rings (SSSR count). The zero-order chi connectivity index (χ0) is 18.6. The van der Waals surface area contributed by atoms with Crippen molar-refractivity contribution in [1.82, 2.24) is 15.8 Å². The van der Waals surface area contributed by atoms with E-state index < -0.39 is 17.5 Å². The number of aromatic nitrogens is 2. The summed E-state index contributed by atoms with van der Waals surface area (Å²) in [6.07, 6.45) is -1.02. The largest absolute Gasteiger partial charge is 0.389 e. The molecule has 0 spiro atoms. The molecule has 0 aliphatic carbocycles. The fraction of sp³-hybridized carbons (Fsp3) is 0.357. The van der Waals surface area contributed by atoms with E-state index in [9.17, 15) is 19.8 Å². The number of nitrogens with zero attached hydrogens (tertiary/aromatic N) is 3. The van der Waals surface area contributed by atoms with Gasteiger partial charge in [0.2, 0.25) is 0 Å². The summed E-state index contributed by atoms with van der Waals surface area (Å²) in [6, 6.07) is 4.05. The van der Waals surface area contributed by atoms with Crippen LogP contribution in [-0.4, -0.2) is 49.0 Å². The van der Waals surface area contributed by atoms with Crippen molar-refractivity contribution < 1.29 is 24.4 Å². The Bertz CT molecular complexity index is 766. The lowest BCUT2D eigenvalue weighted by molar-refractivity contribution is -0.0350. The number of rotatable bonds is 6. The molecule has 0 amide bonds. The molecular weight excluding hydrogens is 419 g/mol. The maximum absolute atomic E-state index is 13.3. The Hall–Kier alpha value is -1.53. The van der Waals surface area contributed by atoms with Gasteiger partial charge in [0.05, 0.1) is 21.9 Å².